The largest absolute Gasteiger partial charge is 0.340 e. The fourth-order valence-electron chi connectivity index (χ4n) is 3.63. The molecule has 3 N–H and O–H groups in total. The fraction of sp³-hybridized carbons (Fsp3) is 0.429. The van der Waals surface area contributed by atoms with Crippen LogP contribution in [0.5, 0.6) is 0 Å². The van der Waals surface area contributed by atoms with Gasteiger partial charge in [0.25, 0.3) is 5.82 Å². The summed E-state index contributed by atoms with van der Waals surface area (Å²) >= 11 is 0. The first kappa shape index (κ1) is 17.4. The summed E-state index contributed by atoms with van der Waals surface area (Å²) in [7, 11) is 4.33. The van der Waals surface area contributed by atoms with Gasteiger partial charge in [-0.15, -0.1) is 0 Å². The van der Waals surface area contributed by atoms with E-state index in [0.717, 1.165) is 43.7 Å². The fourth-order valence-corrected chi connectivity index (χ4v) is 3.63. The lowest BCUT2D eigenvalue weighted by atomic mass is 9.86. The zero-order valence-electron chi connectivity index (χ0n) is 15.3. The molecule has 0 amide bonds. The van der Waals surface area contributed by atoms with Gasteiger partial charge in [0.1, 0.15) is 17.3 Å². The molecule has 1 heterocycles. The van der Waals surface area contributed by atoms with E-state index < -0.39 is 0 Å². The van der Waals surface area contributed by atoms with Crippen LogP contribution in [0.2, 0.25) is 0 Å². The molecule has 0 aliphatic heterocycles. The van der Waals surface area contributed by atoms with Crippen LogP contribution in [-0.4, -0.2) is 27.2 Å². The van der Waals surface area contributed by atoms with Crippen LogP contribution in [0, 0.1) is 11.3 Å². The second kappa shape index (κ2) is 8.13. The van der Waals surface area contributed by atoms with Gasteiger partial charge in [-0.1, -0.05) is 30.3 Å². The molecule has 3 rings (SSSR count). The average Bonchev–Trinajstić information content (AvgIpc) is 2.65. The van der Waals surface area contributed by atoms with Crippen LogP contribution >= 0.6 is 0 Å². The minimum atomic E-state index is 0.812. The lowest BCUT2D eigenvalue weighted by Crippen LogP contribution is -3.05. The van der Waals surface area contributed by atoms with E-state index >= 15 is 0 Å². The summed E-state index contributed by atoms with van der Waals surface area (Å²) in [6, 6.07) is 12.9. The Bertz CT molecular complexity index is 760. The summed E-state index contributed by atoms with van der Waals surface area (Å²) in [5, 5.41) is 13.3. The third kappa shape index (κ3) is 4.00. The molecule has 2 aromatic rings. The summed E-state index contributed by atoms with van der Waals surface area (Å²) in [6.07, 6.45) is 5.50. The molecule has 0 spiro atoms. The predicted octanol–water partition coefficient (Wildman–Crippen LogP) is 1.86. The molecule has 0 saturated heterocycles. The van der Waals surface area contributed by atoms with Gasteiger partial charge in [0.2, 0.25) is 0 Å². The molecule has 1 aromatic carbocycles. The lowest BCUT2D eigenvalue weighted by molar-refractivity contribution is -0.858. The number of aromatic nitrogens is 1. The highest BCUT2D eigenvalue weighted by molar-refractivity contribution is 5.67. The molecule has 0 atom stereocenters. The number of quaternary nitrogens is 1. The minimum Gasteiger partial charge on any atom is -0.340 e. The van der Waals surface area contributed by atoms with Gasteiger partial charge in [-0.05, 0) is 31.2 Å². The molecule has 4 nitrogen and oxygen atoms in total. The third-order valence-corrected chi connectivity index (χ3v) is 4.90. The Labute approximate surface area is 150 Å². The zero-order valence-corrected chi connectivity index (χ0v) is 15.3. The van der Waals surface area contributed by atoms with E-state index in [1.165, 1.54) is 40.1 Å². The van der Waals surface area contributed by atoms with E-state index in [1.54, 1.807) is 0 Å². The summed E-state index contributed by atoms with van der Waals surface area (Å²) in [5.74, 6) is 0.885. The second-order valence-corrected chi connectivity index (χ2v) is 7.13. The van der Waals surface area contributed by atoms with Crippen molar-refractivity contribution >= 4 is 5.82 Å². The van der Waals surface area contributed by atoms with Crippen molar-refractivity contribution < 1.29 is 9.88 Å². The number of hydrogen-bond donors (Lipinski definition) is 2. The quantitative estimate of drug-likeness (QED) is 0.791. The number of rotatable bonds is 6. The maximum atomic E-state index is 9.77. The monoisotopic (exact) mass is 336 g/mol. The van der Waals surface area contributed by atoms with Crippen molar-refractivity contribution in [2.75, 3.05) is 32.5 Å². The van der Waals surface area contributed by atoms with E-state index in [9.17, 15) is 5.26 Å². The van der Waals surface area contributed by atoms with Crippen molar-refractivity contribution in [3.05, 3.63) is 47.0 Å². The number of benzene rings is 1. The van der Waals surface area contributed by atoms with Crippen LogP contribution in [0.3, 0.4) is 0 Å². The van der Waals surface area contributed by atoms with Gasteiger partial charge < -0.3 is 4.90 Å². The van der Waals surface area contributed by atoms with Crippen LogP contribution < -0.4 is 15.2 Å². The van der Waals surface area contributed by atoms with Crippen LogP contribution in [0.4, 0.5) is 5.82 Å². The molecule has 1 aromatic heterocycles. The molecule has 25 heavy (non-hydrogen) atoms. The van der Waals surface area contributed by atoms with Crippen LogP contribution in [0.15, 0.2) is 30.3 Å². The number of H-pyrrole nitrogens is 1. The topological polar surface area (TPSA) is 54.4 Å². The molecule has 0 radical (unpaired) electrons. The molecular formula is C21H28N4+2. The third-order valence-electron chi connectivity index (χ3n) is 4.90. The Kier molecular flexibility index (Phi) is 5.67. The van der Waals surface area contributed by atoms with E-state index in [2.05, 4.69) is 54.7 Å². The second-order valence-electron chi connectivity index (χ2n) is 7.13. The van der Waals surface area contributed by atoms with Crippen molar-refractivity contribution in [1.82, 2.24) is 0 Å². The Balaban J connectivity index is 1.98. The number of nitrogens with zero attached hydrogens (tertiary/aromatic N) is 1. The molecular weight excluding hydrogens is 308 g/mol. The Morgan fingerprint density at radius 3 is 2.52 bits per heavy atom. The molecule has 0 fully saturated rings. The zero-order chi connectivity index (χ0) is 17.6. The standard InChI is InChI=1S/C21H26N4/c1-25(2)14-8-13-23-21-19(15-22)17-11-6-7-12-18(17)20(24-21)16-9-4-3-5-10-16/h3-5,9-10H,6-8,11-14H2,1-2H3,(H,23,24)/p+2. The molecule has 1 aliphatic rings. The van der Waals surface area contributed by atoms with E-state index in [1.807, 2.05) is 6.07 Å². The van der Waals surface area contributed by atoms with Crippen molar-refractivity contribution in [1.29, 1.82) is 5.26 Å². The maximum absolute atomic E-state index is 9.77. The van der Waals surface area contributed by atoms with E-state index in [0.29, 0.717) is 0 Å². The molecule has 1 aliphatic carbocycles. The predicted molar refractivity (Wildman–Crippen MR) is 101 cm³/mol. The highest BCUT2D eigenvalue weighted by atomic mass is 15.1. The average molecular weight is 336 g/mol. The Hall–Kier alpha value is -2.38. The SMILES string of the molecule is C[NH+](C)CCCNc1[nH+]c(-c2ccccc2)c2c(c1C#N)CCCC2. The first-order valence-corrected chi connectivity index (χ1v) is 9.30. The van der Waals surface area contributed by atoms with E-state index in [-0.39, 0.29) is 0 Å². The molecule has 4 heteroatoms. The summed E-state index contributed by atoms with van der Waals surface area (Å²) in [4.78, 5) is 5.00. The highest BCUT2D eigenvalue weighted by Crippen LogP contribution is 2.32. The first-order valence-electron chi connectivity index (χ1n) is 9.30. The number of fused-ring (bicyclic) bond motifs is 1. The normalized spacial score (nSPS) is 13.4. The highest BCUT2D eigenvalue weighted by Gasteiger charge is 2.26. The van der Waals surface area contributed by atoms with Crippen molar-refractivity contribution in [3.63, 3.8) is 0 Å². The van der Waals surface area contributed by atoms with E-state index in [4.69, 9.17) is 0 Å². The number of hydrogen-bond acceptors (Lipinski definition) is 2. The number of anilines is 1. The van der Waals surface area contributed by atoms with Gasteiger partial charge in [0.15, 0.2) is 0 Å². The van der Waals surface area contributed by atoms with Crippen LogP contribution in [-0.2, 0) is 12.8 Å². The summed E-state index contributed by atoms with van der Waals surface area (Å²) in [6.45, 7) is 1.99. The van der Waals surface area contributed by atoms with Crippen molar-refractivity contribution in [3.8, 4) is 17.3 Å². The lowest BCUT2D eigenvalue weighted by Gasteiger charge is -2.20. The summed E-state index contributed by atoms with van der Waals surface area (Å²) in [5.41, 5.74) is 5.76. The van der Waals surface area contributed by atoms with Crippen LogP contribution in [0.1, 0.15) is 36.0 Å². The van der Waals surface area contributed by atoms with Gasteiger partial charge in [-0.2, -0.15) is 5.26 Å². The van der Waals surface area contributed by atoms with Gasteiger partial charge in [0, 0.05) is 17.5 Å². The minimum absolute atomic E-state index is 0.812. The number of nitrogens with one attached hydrogen (secondary N) is 3. The van der Waals surface area contributed by atoms with Crippen LogP contribution in [0.25, 0.3) is 11.3 Å². The molecule has 130 valence electrons. The Morgan fingerprint density at radius 1 is 1.12 bits per heavy atom. The van der Waals surface area contributed by atoms with Gasteiger partial charge >= 0.3 is 0 Å². The smallest absolute Gasteiger partial charge is 0.291 e. The number of aromatic amines is 1. The maximum Gasteiger partial charge on any atom is 0.291 e. The first-order chi connectivity index (χ1) is 12.2. The van der Waals surface area contributed by atoms with Gasteiger partial charge in [-0.3, -0.25) is 5.32 Å². The van der Waals surface area contributed by atoms with Crippen molar-refractivity contribution in [2.45, 2.75) is 32.1 Å². The summed E-state index contributed by atoms with van der Waals surface area (Å²) < 4.78 is 0. The number of nitriles is 1. The van der Waals surface area contributed by atoms with Crippen molar-refractivity contribution in [2.24, 2.45) is 0 Å². The van der Waals surface area contributed by atoms with Gasteiger partial charge in [0.05, 0.1) is 27.2 Å². The molecule has 0 bridgehead atoms. The molecule has 0 unspecified atom stereocenters. The number of pyridine rings is 1. The molecule has 0 saturated carbocycles. The van der Waals surface area contributed by atoms with Gasteiger partial charge in [-0.25, -0.2) is 4.98 Å². The Morgan fingerprint density at radius 2 is 1.84 bits per heavy atom.